The molecule has 8 aromatic rings. The number of aliphatic imine (C=N–C) groups is 1. The second kappa shape index (κ2) is 11.5. The van der Waals surface area contributed by atoms with Gasteiger partial charge in [0.2, 0.25) is 0 Å². The second-order valence-electron chi connectivity index (χ2n) is 11.5. The molecule has 5 nitrogen and oxygen atoms in total. The van der Waals surface area contributed by atoms with Crippen LogP contribution in [0.2, 0.25) is 0 Å². The van der Waals surface area contributed by atoms with Crippen molar-refractivity contribution in [1.29, 1.82) is 0 Å². The molecule has 46 heavy (non-hydrogen) atoms. The minimum absolute atomic E-state index is 0.863. The molecule has 0 saturated heterocycles. The van der Waals surface area contributed by atoms with E-state index in [0.29, 0.717) is 0 Å². The first-order valence-electron chi connectivity index (χ1n) is 15.5. The van der Waals surface area contributed by atoms with Gasteiger partial charge in [-0.05, 0) is 97.8 Å². The van der Waals surface area contributed by atoms with E-state index in [4.69, 9.17) is 15.0 Å². The Morgan fingerprint density at radius 1 is 0.522 bits per heavy atom. The van der Waals surface area contributed by atoms with Crippen LogP contribution in [0.4, 0.5) is 5.69 Å². The molecule has 220 valence electrons. The summed E-state index contributed by atoms with van der Waals surface area (Å²) in [4.78, 5) is 15.5. The third-order valence-corrected chi connectivity index (χ3v) is 8.42. The summed E-state index contributed by atoms with van der Waals surface area (Å²) in [5.41, 5.74) is 12.1. The van der Waals surface area contributed by atoms with E-state index in [1.165, 1.54) is 0 Å². The van der Waals surface area contributed by atoms with E-state index in [2.05, 4.69) is 138 Å². The van der Waals surface area contributed by atoms with Gasteiger partial charge in [-0.15, -0.1) is 0 Å². The Labute approximate surface area is 267 Å². The van der Waals surface area contributed by atoms with Gasteiger partial charge in [0.1, 0.15) is 11.6 Å². The van der Waals surface area contributed by atoms with Crippen molar-refractivity contribution in [2.75, 3.05) is 0 Å². The molecule has 8 rings (SSSR count). The fourth-order valence-corrected chi connectivity index (χ4v) is 6.14. The zero-order valence-electron chi connectivity index (χ0n) is 25.7. The molecular weight excluding hydrogens is 562 g/mol. The molecule has 0 fully saturated rings. The monoisotopic (exact) mass is 593 g/mol. The molecule has 0 aliphatic rings. The maximum atomic E-state index is 5.21. The standard InChI is InChI=1S/C41H31N5/c1-28-15-9-10-20-35(28)42-29(2)30-25-31(40-43-36-21-11-13-23-38(36)45(40)33-16-5-3-6-17-33)27-32(26-30)41-44-37-22-12-14-24-39(37)46(41)34-18-7-4-8-19-34/h3-27H,1-2H3. The van der Waals surface area contributed by atoms with Crippen LogP contribution in [-0.2, 0) is 0 Å². The van der Waals surface area contributed by atoms with Crippen molar-refractivity contribution in [2.24, 2.45) is 4.99 Å². The van der Waals surface area contributed by atoms with Gasteiger partial charge in [0.05, 0.1) is 27.8 Å². The normalized spacial score (nSPS) is 11.8. The fourth-order valence-electron chi connectivity index (χ4n) is 6.14. The Morgan fingerprint density at radius 3 is 1.50 bits per heavy atom. The number of fused-ring (bicyclic) bond motifs is 2. The van der Waals surface area contributed by atoms with E-state index in [1.54, 1.807) is 0 Å². The van der Waals surface area contributed by atoms with E-state index in [-0.39, 0.29) is 0 Å². The summed E-state index contributed by atoms with van der Waals surface area (Å²) in [7, 11) is 0. The Hall–Kier alpha value is -6.07. The highest BCUT2D eigenvalue weighted by Gasteiger charge is 2.20. The lowest BCUT2D eigenvalue weighted by atomic mass is 10.0. The molecule has 0 spiro atoms. The maximum Gasteiger partial charge on any atom is 0.145 e. The Balaban J connectivity index is 1.42. The number of rotatable bonds is 6. The number of para-hydroxylation sites is 7. The van der Waals surface area contributed by atoms with E-state index in [1.807, 2.05) is 36.4 Å². The quantitative estimate of drug-likeness (QED) is 0.180. The summed E-state index contributed by atoms with van der Waals surface area (Å²) >= 11 is 0. The van der Waals surface area contributed by atoms with Gasteiger partial charge in [-0.2, -0.15) is 0 Å². The SMILES string of the molecule is CC(=Nc1ccccc1C)c1cc(-c2nc3ccccc3n2-c2ccccc2)cc(-c2nc3ccccc3n2-c2ccccc2)c1. The first-order valence-corrected chi connectivity index (χ1v) is 15.5. The van der Waals surface area contributed by atoms with Crippen LogP contribution >= 0.6 is 0 Å². The zero-order valence-corrected chi connectivity index (χ0v) is 25.7. The van der Waals surface area contributed by atoms with Gasteiger partial charge in [0.25, 0.3) is 0 Å². The van der Waals surface area contributed by atoms with E-state index in [9.17, 15) is 0 Å². The third-order valence-electron chi connectivity index (χ3n) is 8.42. The first kappa shape index (κ1) is 27.5. The summed E-state index contributed by atoms with van der Waals surface area (Å²) in [5, 5.41) is 0. The number of aryl methyl sites for hydroxylation is 1. The molecule has 0 bridgehead atoms. The molecule has 5 heteroatoms. The molecule has 6 aromatic carbocycles. The Kier molecular flexibility index (Phi) is 6.84. The highest BCUT2D eigenvalue weighted by molar-refractivity contribution is 6.02. The molecule has 2 aromatic heterocycles. The molecular formula is C41H31N5. The van der Waals surface area contributed by atoms with Crippen molar-refractivity contribution in [3.63, 3.8) is 0 Å². The van der Waals surface area contributed by atoms with Crippen LogP contribution < -0.4 is 0 Å². The average Bonchev–Trinajstić information content (AvgIpc) is 3.69. The Morgan fingerprint density at radius 2 is 0.978 bits per heavy atom. The maximum absolute atomic E-state index is 5.21. The molecule has 0 amide bonds. The summed E-state index contributed by atoms with van der Waals surface area (Å²) in [6.07, 6.45) is 0. The number of aromatic nitrogens is 4. The van der Waals surface area contributed by atoms with Crippen molar-refractivity contribution in [3.05, 3.63) is 163 Å². The van der Waals surface area contributed by atoms with Crippen molar-refractivity contribution in [2.45, 2.75) is 13.8 Å². The van der Waals surface area contributed by atoms with Crippen LogP contribution in [0.15, 0.2) is 157 Å². The second-order valence-corrected chi connectivity index (χ2v) is 11.5. The summed E-state index contributed by atoms with van der Waals surface area (Å²) in [6, 6.07) is 52.3. The van der Waals surface area contributed by atoms with Crippen LogP contribution in [0.5, 0.6) is 0 Å². The van der Waals surface area contributed by atoms with Gasteiger partial charge in [0.15, 0.2) is 0 Å². The fraction of sp³-hybridized carbons (Fsp3) is 0.0488. The van der Waals surface area contributed by atoms with E-state index in [0.717, 1.165) is 78.7 Å². The highest BCUT2D eigenvalue weighted by atomic mass is 15.1. The van der Waals surface area contributed by atoms with Crippen molar-refractivity contribution in [3.8, 4) is 34.2 Å². The van der Waals surface area contributed by atoms with Crippen molar-refractivity contribution >= 4 is 33.5 Å². The van der Waals surface area contributed by atoms with Gasteiger partial charge in [0, 0.05) is 28.2 Å². The number of benzene rings is 6. The number of hydrogen-bond acceptors (Lipinski definition) is 3. The lowest BCUT2D eigenvalue weighted by Gasteiger charge is -2.14. The van der Waals surface area contributed by atoms with Gasteiger partial charge in [-0.3, -0.25) is 14.1 Å². The van der Waals surface area contributed by atoms with E-state index < -0.39 is 0 Å². The Bertz CT molecular complexity index is 2240. The van der Waals surface area contributed by atoms with Gasteiger partial charge in [-0.1, -0.05) is 78.9 Å². The molecule has 0 saturated carbocycles. The molecule has 0 N–H and O–H groups in total. The van der Waals surface area contributed by atoms with Gasteiger partial charge in [-0.25, -0.2) is 9.97 Å². The number of hydrogen-bond donors (Lipinski definition) is 0. The average molecular weight is 594 g/mol. The lowest BCUT2D eigenvalue weighted by molar-refractivity contribution is 1.09. The minimum Gasteiger partial charge on any atom is -0.292 e. The number of imidazole rings is 2. The molecule has 0 unspecified atom stereocenters. The van der Waals surface area contributed by atoms with Crippen molar-refractivity contribution < 1.29 is 0 Å². The zero-order chi connectivity index (χ0) is 31.0. The van der Waals surface area contributed by atoms with Crippen LogP contribution in [0.1, 0.15) is 18.1 Å². The highest BCUT2D eigenvalue weighted by Crippen LogP contribution is 2.35. The minimum atomic E-state index is 0.863. The van der Waals surface area contributed by atoms with E-state index >= 15 is 0 Å². The van der Waals surface area contributed by atoms with Gasteiger partial charge >= 0.3 is 0 Å². The summed E-state index contributed by atoms with van der Waals surface area (Å²) in [6.45, 7) is 4.17. The molecule has 2 heterocycles. The number of nitrogens with zero attached hydrogens (tertiary/aromatic N) is 5. The largest absolute Gasteiger partial charge is 0.292 e. The smallest absolute Gasteiger partial charge is 0.145 e. The third kappa shape index (κ3) is 4.88. The lowest BCUT2D eigenvalue weighted by Crippen LogP contribution is -2.03. The molecule has 0 radical (unpaired) electrons. The predicted molar refractivity (Wildman–Crippen MR) is 190 cm³/mol. The summed E-state index contributed by atoms with van der Waals surface area (Å²) < 4.78 is 4.48. The van der Waals surface area contributed by atoms with Crippen LogP contribution in [0.3, 0.4) is 0 Å². The molecule has 0 aliphatic carbocycles. The van der Waals surface area contributed by atoms with Crippen LogP contribution in [-0.4, -0.2) is 24.8 Å². The predicted octanol–water partition coefficient (Wildman–Crippen LogP) is 10.1. The summed E-state index contributed by atoms with van der Waals surface area (Å²) in [5.74, 6) is 1.73. The van der Waals surface area contributed by atoms with Crippen LogP contribution in [0, 0.1) is 6.92 Å². The van der Waals surface area contributed by atoms with Crippen molar-refractivity contribution in [1.82, 2.24) is 19.1 Å². The topological polar surface area (TPSA) is 48.0 Å². The molecule has 0 aliphatic heterocycles. The molecule has 0 atom stereocenters. The first-order chi connectivity index (χ1) is 22.6. The van der Waals surface area contributed by atoms with Crippen LogP contribution in [0.25, 0.3) is 56.2 Å². The van der Waals surface area contributed by atoms with Gasteiger partial charge < -0.3 is 0 Å².